The van der Waals surface area contributed by atoms with E-state index in [4.69, 9.17) is 11.5 Å². The second-order valence-corrected chi connectivity index (χ2v) is 3.33. The molecule has 0 aliphatic heterocycles. The summed E-state index contributed by atoms with van der Waals surface area (Å²) in [6, 6.07) is 0.427. The zero-order valence-electron chi connectivity index (χ0n) is 7.09. The van der Waals surface area contributed by atoms with Gasteiger partial charge in [0, 0.05) is 0 Å². The molecule has 1 saturated carbocycles. The Labute approximate surface area is 67.9 Å². The van der Waals surface area contributed by atoms with E-state index in [-0.39, 0.29) is 5.96 Å². The lowest BCUT2D eigenvalue weighted by Crippen LogP contribution is -2.32. The molecule has 0 bridgehead atoms. The maximum Gasteiger partial charge on any atom is 0.186 e. The lowest BCUT2D eigenvalue weighted by molar-refractivity contribution is 0.250. The molecule has 1 rings (SSSR count). The molecule has 0 radical (unpaired) electrons. The summed E-state index contributed by atoms with van der Waals surface area (Å²) in [5.41, 5.74) is 10.5. The molecule has 0 unspecified atom stereocenters. The molecule has 1 aliphatic carbocycles. The fourth-order valence-electron chi connectivity index (χ4n) is 1.66. The van der Waals surface area contributed by atoms with Crippen LogP contribution in [0.15, 0.2) is 4.99 Å². The number of nitrogens with two attached hydrogens (primary N) is 2. The fourth-order valence-corrected chi connectivity index (χ4v) is 1.66. The molecule has 0 aromatic carbocycles. The third-order valence-electron chi connectivity index (χ3n) is 2.24. The van der Waals surface area contributed by atoms with Crippen LogP contribution in [0, 0.1) is 5.92 Å². The molecule has 0 heterocycles. The summed E-state index contributed by atoms with van der Waals surface area (Å²) in [7, 11) is 0. The summed E-state index contributed by atoms with van der Waals surface area (Å²) in [5, 5.41) is 0. The summed E-state index contributed by atoms with van der Waals surface area (Å²) in [6.45, 7) is 2.22. The molecule has 3 nitrogen and oxygen atoms in total. The first kappa shape index (κ1) is 8.37. The van der Waals surface area contributed by atoms with E-state index in [0.29, 0.717) is 6.04 Å². The van der Waals surface area contributed by atoms with Crippen LogP contribution in [-0.2, 0) is 0 Å². The Bertz CT molecular complexity index is 143. The zero-order valence-corrected chi connectivity index (χ0v) is 7.09. The molecular weight excluding hydrogens is 138 g/mol. The largest absolute Gasteiger partial charge is 0.370 e. The van der Waals surface area contributed by atoms with Crippen molar-refractivity contribution in [2.75, 3.05) is 0 Å². The Morgan fingerprint density at radius 2 is 2.09 bits per heavy atom. The van der Waals surface area contributed by atoms with Crippen molar-refractivity contribution in [2.24, 2.45) is 22.4 Å². The van der Waals surface area contributed by atoms with Gasteiger partial charge in [-0.1, -0.05) is 19.8 Å². The van der Waals surface area contributed by atoms with Gasteiger partial charge in [0.05, 0.1) is 6.04 Å². The molecule has 1 aliphatic rings. The molecule has 0 atom stereocenters. The van der Waals surface area contributed by atoms with E-state index >= 15 is 0 Å². The Kier molecular flexibility index (Phi) is 2.74. The van der Waals surface area contributed by atoms with E-state index in [9.17, 15) is 0 Å². The van der Waals surface area contributed by atoms with E-state index in [0.717, 1.165) is 5.92 Å². The predicted molar refractivity (Wildman–Crippen MR) is 47.2 cm³/mol. The van der Waals surface area contributed by atoms with E-state index in [2.05, 4.69) is 11.9 Å². The van der Waals surface area contributed by atoms with Crippen molar-refractivity contribution in [1.29, 1.82) is 0 Å². The Morgan fingerprint density at radius 1 is 1.45 bits per heavy atom. The number of guanidine groups is 1. The number of hydrogen-bond donors (Lipinski definition) is 2. The SMILES string of the molecule is CCCC1CC(N=C(N)N)C1. The Balaban J connectivity index is 2.14. The number of hydrogen-bond acceptors (Lipinski definition) is 1. The molecule has 1 fully saturated rings. The molecule has 0 amide bonds. The number of rotatable bonds is 3. The molecular formula is C8H17N3. The van der Waals surface area contributed by atoms with Crippen LogP contribution in [-0.4, -0.2) is 12.0 Å². The van der Waals surface area contributed by atoms with Crippen LogP contribution in [0.5, 0.6) is 0 Å². The highest BCUT2D eigenvalue weighted by atomic mass is 15.0. The summed E-state index contributed by atoms with van der Waals surface area (Å²) >= 11 is 0. The molecule has 0 aromatic rings. The van der Waals surface area contributed by atoms with Gasteiger partial charge in [-0.25, -0.2) is 0 Å². The normalized spacial score (nSPS) is 29.2. The maximum atomic E-state index is 5.25. The van der Waals surface area contributed by atoms with E-state index in [1.54, 1.807) is 0 Å². The van der Waals surface area contributed by atoms with Gasteiger partial charge >= 0.3 is 0 Å². The maximum absolute atomic E-state index is 5.25. The Hall–Kier alpha value is -0.730. The van der Waals surface area contributed by atoms with Crippen molar-refractivity contribution in [3.05, 3.63) is 0 Å². The first-order chi connectivity index (χ1) is 5.22. The number of aliphatic imine (C=N–C) groups is 1. The van der Waals surface area contributed by atoms with Crippen molar-refractivity contribution in [2.45, 2.75) is 38.6 Å². The predicted octanol–water partition coefficient (Wildman–Crippen LogP) is 0.839. The first-order valence-electron chi connectivity index (χ1n) is 4.31. The molecule has 64 valence electrons. The van der Waals surface area contributed by atoms with Crippen molar-refractivity contribution in [3.63, 3.8) is 0 Å². The second-order valence-electron chi connectivity index (χ2n) is 3.33. The summed E-state index contributed by atoms with van der Waals surface area (Å²) < 4.78 is 0. The monoisotopic (exact) mass is 155 g/mol. The van der Waals surface area contributed by atoms with Gasteiger partial charge in [-0.15, -0.1) is 0 Å². The van der Waals surface area contributed by atoms with Gasteiger partial charge in [0.25, 0.3) is 0 Å². The van der Waals surface area contributed by atoms with Crippen LogP contribution in [0.25, 0.3) is 0 Å². The topological polar surface area (TPSA) is 64.4 Å². The highest BCUT2D eigenvalue weighted by Crippen LogP contribution is 2.33. The third-order valence-corrected chi connectivity index (χ3v) is 2.24. The van der Waals surface area contributed by atoms with Gasteiger partial charge < -0.3 is 11.5 Å². The van der Waals surface area contributed by atoms with Crippen LogP contribution in [0.2, 0.25) is 0 Å². The van der Waals surface area contributed by atoms with E-state index < -0.39 is 0 Å². The quantitative estimate of drug-likeness (QED) is 0.468. The number of nitrogens with zero attached hydrogens (tertiary/aromatic N) is 1. The smallest absolute Gasteiger partial charge is 0.186 e. The minimum absolute atomic E-state index is 0.241. The van der Waals surface area contributed by atoms with Crippen LogP contribution < -0.4 is 11.5 Å². The van der Waals surface area contributed by atoms with Crippen molar-refractivity contribution >= 4 is 5.96 Å². The minimum Gasteiger partial charge on any atom is -0.370 e. The standard InChI is InChI=1S/C8H17N3/c1-2-3-6-4-7(5-6)11-8(9)10/h6-7H,2-5H2,1H3,(H4,9,10,11). The second kappa shape index (κ2) is 3.60. The first-order valence-corrected chi connectivity index (χ1v) is 4.31. The van der Waals surface area contributed by atoms with Crippen LogP contribution in [0.3, 0.4) is 0 Å². The molecule has 4 N–H and O–H groups in total. The van der Waals surface area contributed by atoms with Crippen LogP contribution >= 0.6 is 0 Å². The van der Waals surface area contributed by atoms with E-state index in [1.807, 2.05) is 0 Å². The fraction of sp³-hybridized carbons (Fsp3) is 0.875. The van der Waals surface area contributed by atoms with E-state index in [1.165, 1.54) is 25.7 Å². The lowest BCUT2D eigenvalue weighted by Gasteiger charge is -2.32. The average molecular weight is 155 g/mol. The van der Waals surface area contributed by atoms with Crippen LogP contribution in [0.4, 0.5) is 0 Å². The minimum atomic E-state index is 0.241. The van der Waals surface area contributed by atoms with Crippen molar-refractivity contribution in [3.8, 4) is 0 Å². The molecule has 0 aromatic heterocycles. The zero-order chi connectivity index (χ0) is 8.27. The van der Waals surface area contributed by atoms with Gasteiger partial charge in [0.1, 0.15) is 0 Å². The van der Waals surface area contributed by atoms with Gasteiger partial charge in [-0.05, 0) is 18.8 Å². The summed E-state index contributed by atoms with van der Waals surface area (Å²) in [5.74, 6) is 1.12. The summed E-state index contributed by atoms with van der Waals surface area (Å²) in [4.78, 5) is 4.09. The van der Waals surface area contributed by atoms with Gasteiger partial charge in [0.15, 0.2) is 5.96 Å². The van der Waals surface area contributed by atoms with Crippen LogP contribution in [0.1, 0.15) is 32.6 Å². The molecule has 0 spiro atoms. The van der Waals surface area contributed by atoms with Crippen molar-refractivity contribution < 1.29 is 0 Å². The Morgan fingerprint density at radius 3 is 2.55 bits per heavy atom. The highest BCUT2D eigenvalue weighted by molar-refractivity contribution is 5.75. The molecule has 11 heavy (non-hydrogen) atoms. The van der Waals surface area contributed by atoms with Gasteiger partial charge in [-0.3, -0.25) is 4.99 Å². The van der Waals surface area contributed by atoms with Gasteiger partial charge in [-0.2, -0.15) is 0 Å². The highest BCUT2D eigenvalue weighted by Gasteiger charge is 2.27. The summed E-state index contributed by atoms with van der Waals surface area (Å²) in [6.07, 6.45) is 4.98. The van der Waals surface area contributed by atoms with Crippen molar-refractivity contribution in [1.82, 2.24) is 0 Å². The third kappa shape index (κ3) is 2.41. The molecule has 0 saturated heterocycles. The lowest BCUT2D eigenvalue weighted by atomic mass is 9.78. The van der Waals surface area contributed by atoms with Gasteiger partial charge in [0.2, 0.25) is 0 Å². The average Bonchev–Trinajstić information content (AvgIpc) is 1.82. The molecule has 3 heteroatoms.